The standard InChI is InChI=1S/C20H20N4O2/c21-12-18-16(23)24-20(25-10-11-26-20)19(18,13-22)17(18)8-6-15(7-9-17)14-4-2-1-3-5-14/h1-5,15H,6-11H2,(H2,23,24)/t15?,17?,18-,19+/m0/s1. The Hall–Kier alpha value is -2.41. The lowest BCUT2D eigenvalue weighted by molar-refractivity contribution is -0.193. The Morgan fingerprint density at radius 1 is 1.04 bits per heavy atom. The Kier molecular flexibility index (Phi) is 2.95. The maximum atomic E-state index is 10.2. The van der Waals surface area contributed by atoms with Crippen LogP contribution in [0.5, 0.6) is 0 Å². The smallest absolute Gasteiger partial charge is 0.293 e. The first kappa shape index (κ1) is 15.8. The van der Waals surface area contributed by atoms with E-state index in [-0.39, 0.29) is 5.84 Å². The van der Waals surface area contributed by atoms with Gasteiger partial charge in [0.15, 0.2) is 5.41 Å². The number of nitrogens with zero attached hydrogens (tertiary/aromatic N) is 3. The van der Waals surface area contributed by atoms with E-state index < -0.39 is 22.2 Å². The van der Waals surface area contributed by atoms with E-state index in [1.165, 1.54) is 5.56 Å². The third-order valence-corrected chi connectivity index (χ3v) is 7.19. The molecule has 0 radical (unpaired) electrons. The van der Waals surface area contributed by atoms with Crippen molar-refractivity contribution in [1.82, 2.24) is 0 Å². The summed E-state index contributed by atoms with van der Waals surface area (Å²) in [6, 6.07) is 15.2. The highest BCUT2D eigenvalue weighted by Crippen LogP contribution is 2.89. The zero-order chi connectivity index (χ0) is 18.0. The Balaban J connectivity index is 1.54. The number of hydrogen-bond donors (Lipinski definition) is 1. The first-order valence-corrected chi connectivity index (χ1v) is 9.14. The molecule has 26 heavy (non-hydrogen) atoms. The summed E-state index contributed by atoms with van der Waals surface area (Å²) < 4.78 is 11.6. The lowest BCUT2D eigenvalue weighted by Crippen LogP contribution is -2.42. The predicted molar refractivity (Wildman–Crippen MR) is 92.4 cm³/mol. The number of benzene rings is 1. The van der Waals surface area contributed by atoms with E-state index in [2.05, 4.69) is 41.4 Å². The molecule has 6 nitrogen and oxygen atoms in total. The molecule has 1 saturated heterocycles. The van der Waals surface area contributed by atoms with Gasteiger partial charge in [-0.05, 0) is 37.2 Å². The normalized spacial score (nSPS) is 42.1. The zero-order valence-electron chi connectivity index (χ0n) is 14.4. The number of amidine groups is 1. The molecule has 1 aromatic rings. The van der Waals surface area contributed by atoms with Gasteiger partial charge in [0.05, 0.1) is 25.4 Å². The molecular weight excluding hydrogens is 328 g/mol. The molecule has 2 aliphatic carbocycles. The van der Waals surface area contributed by atoms with Crippen LogP contribution in [-0.2, 0) is 9.47 Å². The molecule has 2 N–H and O–H groups in total. The number of aliphatic imine (C=N–C) groups is 1. The first-order valence-electron chi connectivity index (χ1n) is 9.14. The summed E-state index contributed by atoms with van der Waals surface area (Å²) in [7, 11) is 0. The number of ether oxygens (including phenoxy) is 2. The molecule has 2 heterocycles. The average Bonchev–Trinajstić information content (AvgIpc) is 2.95. The second kappa shape index (κ2) is 4.85. The van der Waals surface area contributed by atoms with E-state index in [4.69, 9.17) is 15.2 Å². The van der Waals surface area contributed by atoms with Gasteiger partial charge < -0.3 is 15.2 Å². The molecule has 2 aliphatic heterocycles. The highest BCUT2D eigenvalue weighted by Gasteiger charge is 3.00. The molecule has 132 valence electrons. The lowest BCUT2D eigenvalue weighted by atomic mass is 9.71. The van der Waals surface area contributed by atoms with Crippen molar-refractivity contribution in [2.75, 3.05) is 13.2 Å². The fourth-order valence-electron chi connectivity index (χ4n) is 6.11. The van der Waals surface area contributed by atoms with Gasteiger partial charge in [0.1, 0.15) is 11.3 Å². The summed E-state index contributed by atoms with van der Waals surface area (Å²) in [5.41, 5.74) is 4.79. The van der Waals surface area contributed by atoms with Crippen LogP contribution in [0, 0.1) is 38.9 Å². The summed E-state index contributed by atoms with van der Waals surface area (Å²) in [5.74, 6) is -0.753. The van der Waals surface area contributed by atoms with Crippen molar-refractivity contribution in [2.24, 2.45) is 27.0 Å². The third kappa shape index (κ3) is 1.37. The molecule has 6 heteroatoms. The van der Waals surface area contributed by atoms with E-state index in [0.717, 1.165) is 25.7 Å². The maximum absolute atomic E-state index is 10.2. The molecule has 2 saturated carbocycles. The van der Waals surface area contributed by atoms with E-state index in [9.17, 15) is 10.5 Å². The number of fused-ring (bicyclic) bond motifs is 4. The van der Waals surface area contributed by atoms with E-state index >= 15 is 0 Å². The van der Waals surface area contributed by atoms with Gasteiger partial charge in [-0.15, -0.1) is 0 Å². The van der Waals surface area contributed by atoms with Crippen molar-refractivity contribution in [2.45, 2.75) is 37.5 Å². The quantitative estimate of drug-likeness (QED) is 0.839. The fourth-order valence-corrected chi connectivity index (χ4v) is 6.11. The van der Waals surface area contributed by atoms with Gasteiger partial charge in [-0.3, -0.25) is 0 Å². The van der Waals surface area contributed by atoms with E-state index in [1.54, 1.807) is 0 Å². The van der Waals surface area contributed by atoms with Gasteiger partial charge in [0.25, 0.3) is 5.91 Å². The Morgan fingerprint density at radius 2 is 1.69 bits per heavy atom. The summed E-state index contributed by atoms with van der Waals surface area (Å²) in [6.45, 7) is 0.731. The van der Waals surface area contributed by atoms with Crippen molar-refractivity contribution in [3.63, 3.8) is 0 Å². The van der Waals surface area contributed by atoms with Crippen LogP contribution in [0.3, 0.4) is 0 Å². The second-order valence-corrected chi connectivity index (χ2v) is 7.77. The van der Waals surface area contributed by atoms with Crippen LogP contribution in [0.2, 0.25) is 0 Å². The molecule has 1 aromatic carbocycles. The topological polar surface area (TPSA) is 104 Å². The molecule has 4 aliphatic rings. The van der Waals surface area contributed by atoms with Crippen LogP contribution in [0.1, 0.15) is 37.2 Å². The molecular formula is C20H20N4O2. The molecule has 2 atom stereocenters. The van der Waals surface area contributed by atoms with Gasteiger partial charge in [-0.25, -0.2) is 4.99 Å². The van der Waals surface area contributed by atoms with Crippen molar-refractivity contribution < 1.29 is 9.47 Å². The van der Waals surface area contributed by atoms with Crippen LogP contribution in [0.15, 0.2) is 35.3 Å². The Labute approximate surface area is 152 Å². The molecule has 0 bridgehead atoms. The van der Waals surface area contributed by atoms with Gasteiger partial charge in [-0.2, -0.15) is 10.5 Å². The highest BCUT2D eigenvalue weighted by molar-refractivity contribution is 6.00. The van der Waals surface area contributed by atoms with Crippen LogP contribution in [0.4, 0.5) is 0 Å². The molecule has 0 unspecified atom stereocenters. The molecule has 3 fully saturated rings. The van der Waals surface area contributed by atoms with Gasteiger partial charge in [-0.1, -0.05) is 30.3 Å². The second-order valence-electron chi connectivity index (χ2n) is 7.77. The monoisotopic (exact) mass is 348 g/mol. The molecule has 2 spiro atoms. The van der Waals surface area contributed by atoms with Crippen molar-refractivity contribution in [1.29, 1.82) is 10.5 Å². The lowest BCUT2D eigenvalue weighted by Gasteiger charge is -2.36. The zero-order valence-corrected chi connectivity index (χ0v) is 14.4. The number of nitrogens with two attached hydrogens (primary N) is 1. The number of hydrogen-bond acceptors (Lipinski definition) is 6. The SMILES string of the molecule is N#C[C@]12C3(N=C(N)[C@@]1(C#N)C21CCC(c2ccccc2)CC1)OCCO3. The minimum Gasteiger partial charge on any atom is -0.386 e. The van der Waals surface area contributed by atoms with Crippen LogP contribution < -0.4 is 5.73 Å². The average molecular weight is 348 g/mol. The van der Waals surface area contributed by atoms with Crippen LogP contribution in [-0.4, -0.2) is 25.0 Å². The summed E-state index contributed by atoms with van der Waals surface area (Å²) in [6.07, 6.45) is 3.33. The summed E-state index contributed by atoms with van der Waals surface area (Å²) in [4.78, 5) is 4.37. The van der Waals surface area contributed by atoms with Crippen LogP contribution in [0.25, 0.3) is 0 Å². The minimum absolute atomic E-state index is 0.210. The molecule has 5 rings (SSSR count). The predicted octanol–water partition coefficient (Wildman–Crippen LogP) is 2.44. The fraction of sp³-hybridized carbons (Fsp3) is 0.550. The highest BCUT2D eigenvalue weighted by atomic mass is 16.8. The van der Waals surface area contributed by atoms with Crippen molar-refractivity contribution in [3.8, 4) is 12.1 Å². The summed E-state index contributed by atoms with van der Waals surface area (Å²) >= 11 is 0. The van der Waals surface area contributed by atoms with Gasteiger partial charge in [0, 0.05) is 5.41 Å². The van der Waals surface area contributed by atoms with Crippen LogP contribution >= 0.6 is 0 Å². The van der Waals surface area contributed by atoms with Gasteiger partial charge >= 0.3 is 0 Å². The maximum Gasteiger partial charge on any atom is 0.293 e. The number of nitriles is 2. The minimum atomic E-state index is -1.40. The summed E-state index contributed by atoms with van der Waals surface area (Å²) in [5, 5.41) is 20.3. The van der Waals surface area contributed by atoms with Gasteiger partial charge in [0.2, 0.25) is 0 Å². The van der Waals surface area contributed by atoms with Crippen molar-refractivity contribution >= 4 is 5.84 Å². The third-order valence-electron chi connectivity index (χ3n) is 7.19. The largest absolute Gasteiger partial charge is 0.386 e. The molecule has 0 amide bonds. The van der Waals surface area contributed by atoms with Crippen molar-refractivity contribution in [3.05, 3.63) is 35.9 Å². The van der Waals surface area contributed by atoms with E-state index in [0.29, 0.717) is 19.1 Å². The number of rotatable bonds is 1. The first-order chi connectivity index (χ1) is 12.6. The molecule has 0 aromatic heterocycles. The Morgan fingerprint density at radius 3 is 2.27 bits per heavy atom. The van der Waals surface area contributed by atoms with E-state index in [1.807, 2.05) is 6.07 Å². The Bertz CT molecular complexity index is 869.